The van der Waals surface area contributed by atoms with Gasteiger partial charge in [-0.2, -0.15) is 0 Å². The van der Waals surface area contributed by atoms with Crippen LogP contribution in [0.15, 0.2) is 24.4 Å². The Kier molecular flexibility index (Phi) is 3.36. The van der Waals surface area contributed by atoms with Crippen LogP contribution in [0.5, 0.6) is 0 Å². The molecule has 0 amide bonds. The molecule has 0 fully saturated rings. The van der Waals surface area contributed by atoms with E-state index in [1.165, 1.54) is 7.11 Å². The molecule has 2 N–H and O–H groups in total. The molecule has 2 aromatic rings. The van der Waals surface area contributed by atoms with Crippen molar-refractivity contribution in [3.63, 3.8) is 0 Å². The van der Waals surface area contributed by atoms with E-state index in [4.69, 9.17) is 21.4 Å². The van der Waals surface area contributed by atoms with Crippen molar-refractivity contribution in [1.82, 2.24) is 4.98 Å². The molecule has 5 heteroatoms. The summed E-state index contributed by atoms with van der Waals surface area (Å²) in [6, 6.07) is 5.53. The standard InChI is InChI=1S/C12H12ClNO3/c1-17-10(12(15)16)5-7-6-14-11-8(7)3-2-4-9(11)13/h2-4,6,10,14H,5H2,1H3,(H,15,16)/t10-/m0/s1. The van der Waals surface area contributed by atoms with Crippen molar-refractivity contribution in [3.8, 4) is 0 Å². The number of carboxylic acids is 1. The van der Waals surface area contributed by atoms with Crippen molar-refractivity contribution in [2.45, 2.75) is 12.5 Å². The van der Waals surface area contributed by atoms with Gasteiger partial charge < -0.3 is 14.8 Å². The summed E-state index contributed by atoms with van der Waals surface area (Å²) < 4.78 is 4.92. The van der Waals surface area contributed by atoms with Gasteiger partial charge >= 0.3 is 5.97 Å². The first-order valence-corrected chi connectivity index (χ1v) is 5.51. The highest BCUT2D eigenvalue weighted by Crippen LogP contribution is 2.26. The molecule has 1 aromatic heterocycles. The predicted octanol–water partition coefficient (Wildman–Crippen LogP) is 2.46. The van der Waals surface area contributed by atoms with Gasteiger partial charge in [-0.15, -0.1) is 0 Å². The van der Waals surface area contributed by atoms with Crippen molar-refractivity contribution in [3.05, 3.63) is 35.0 Å². The molecule has 17 heavy (non-hydrogen) atoms. The molecule has 4 nitrogen and oxygen atoms in total. The Morgan fingerprint density at radius 3 is 3.00 bits per heavy atom. The fourth-order valence-electron chi connectivity index (χ4n) is 1.82. The lowest BCUT2D eigenvalue weighted by Gasteiger charge is -2.09. The van der Waals surface area contributed by atoms with Crippen molar-refractivity contribution in [1.29, 1.82) is 0 Å². The van der Waals surface area contributed by atoms with Gasteiger partial charge in [-0.25, -0.2) is 4.79 Å². The summed E-state index contributed by atoms with van der Waals surface area (Å²) in [7, 11) is 1.39. The number of hydrogen-bond acceptors (Lipinski definition) is 2. The van der Waals surface area contributed by atoms with E-state index in [0.29, 0.717) is 11.4 Å². The zero-order valence-electron chi connectivity index (χ0n) is 9.24. The minimum absolute atomic E-state index is 0.312. The minimum Gasteiger partial charge on any atom is -0.479 e. The molecule has 0 radical (unpaired) electrons. The normalized spacial score (nSPS) is 12.8. The second kappa shape index (κ2) is 4.77. The summed E-state index contributed by atoms with van der Waals surface area (Å²) in [6.07, 6.45) is 1.24. The number of H-pyrrole nitrogens is 1. The van der Waals surface area contributed by atoms with Crippen LogP contribution >= 0.6 is 11.6 Å². The number of methoxy groups -OCH3 is 1. The Hall–Kier alpha value is -1.52. The Morgan fingerprint density at radius 1 is 1.59 bits per heavy atom. The number of nitrogens with one attached hydrogen (secondary N) is 1. The first-order chi connectivity index (χ1) is 8.13. The summed E-state index contributed by atoms with van der Waals surface area (Å²) in [5.74, 6) is -0.969. The zero-order valence-corrected chi connectivity index (χ0v) is 9.99. The van der Waals surface area contributed by atoms with Gasteiger partial charge in [0.1, 0.15) is 0 Å². The molecule has 0 spiro atoms. The van der Waals surface area contributed by atoms with Crippen molar-refractivity contribution >= 4 is 28.5 Å². The van der Waals surface area contributed by atoms with Crippen LogP contribution in [0, 0.1) is 0 Å². The lowest BCUT2D eigenvalue weighted by molar-refractivity contribution is -0.148. The molecule has 0 saturated heterocycles. The van der Waals surface area contributed by atoms with Crippen LogP contribution in [0.3, 0.4) is 0 Å². The van der Waals surface area contributed by atoms with E-state index in [9.17, 15) is 4.79 Å². The average Bonchev–Trinajstić information content (AvgIpc) is 2.70. The van der Waals surface area contributed by atoms with Crippen molar-refractivity contribution < 1.29 is 14.6 Å². The maximum Gasteiger partial charge on any atom is 0.333 e. The number of benzene rings is 1. The average molecular weight is 254 g/mol. The van der Waals surface area contributed by atoms with Gasteiger partial charge in [-0.3, -0.25) is 0 Å². The van der Waals surface area contributed by atoms with Crippen LogP contribution in [-0.2, 0) is 16.0 Å². The Bertz CT molecular complexity index is 550. The van der Waals surface area contributed by atoms with Crippen molar-refractivity contribution in [2.75, 3.05) is 7.11 Å². The molecule has 0 aliphatic heterocycles. The van der Waals surface area contributed by atoms with E-state index in [1.54, 1.807) is 12.3 Å². The van der Waals surface area contributed by atoms with Gasteiger partial charge in [0, 0.05) is 25.1 Å². The molecule has 1 atom stereocenters. The fourth-order valence-corrected chi connectivity index (χ4v) is 2.04. The van der Waals surface area contributed by atoms with Gasteiger partial charge in [0.25, 0.3) is 0 Å². The summed E-state index contributed by atoms with van der Waals surface area (Å²) >= 11 is 6.02. The number of para-hydroxylation sites is 1. The first-order valence-electron chi connectivity index (χ1n) is 5.13. The van der Waals surface area contributed by atoms with Crippen LogP contribution < -0.4 is 0 Å². The predicted molar refractivity (Wildman–Crippen MR) is 65.4 cm³/mol. The number of carboxylic acid groups (broad SMARTS) is 1. The highest BCUT2D eigenvalue weighted by atomic mass is 35.5. The highest BCUT2D eigenvalue weighted by Gasteiger charge is 2.19. The molecule has 90 valence electrons. The van der Waals surface area contributed by atoms with E-state index in [-0.39, 0.29) is 0 Å². The molecular formula is C12H12ClNO3. The number of hydrogen-bond donors (Lipinski definition) is 2. The van der Waals surface area contributed by atoms with Gasteiger partial charge in [-0.05, 0) is 11.6 Å². The van der Waals surface area contributed by atoms with E-state index in [0.717, 1.165) is 16.5 Å². The third kappa shape index (κ3) is 2.28. The lowest BCUT2D eigenvalue weighted by Crippen LogP contribution is -2.24. The maximum absolute atomic E-state index is 10.9. The largest absolute Gasteiger partial charge is 0.479 e. The molecule has 2 rings (SSSR count). The lowest BCUT2D eigenvalue weighted by atomic mass is 10.1. The molecule has 0 bridgehead atoms. The smallest absolute Gasteiger partial charge is 0.333 e. The van der Waals surface area contributed by atoms with Crippen LogP contribution in [0.2, 0.25) is 5.02 Å². The number of carbonyl (C=O) groups is 1. The number of halogens is 1. The van der Waals surface area contributed by atoms with E-state index in [1.807, 2.05) is 12.1 Å². The highest BCUT2D eigenvalue weighted by molar-refractivity contribution is 6.35. The number of aromatic amines is 1. The number of rotatable bonds is 4. The second-order valence-corrected chi connectivity index (χ2v) is 4.15. The van der Waals surface area contributed by atoms with Gasteiger partial charge in [-0.1, -0.05) is 23.7 Å². The van der Waals surface area contributed by atoms with Gasteiger partial charge in [0.15, 0.2) is 6.10 Å². The summed E-state index contributed by atoms with van der Waals surface area (Å²) in [5.41, 5.74) is 1.71. The molecule has 0 unspecified atom stereocenters. The molecule has 0 saturated carbocycles. The van der Waals surface area contributed by atoms with Crippen LogP contribution in [0.25, 0.3) is 10.9 Å². The van der Waals surface area contributed by atoms with Crippen LogP contribution in [0.1, 0.15) is 5.56 Å². The molecule has 0 aliphatic carbocycles. The second-order valence-electron chi connectivity index (χ2n) is 3.74. The Morgan fingerprint density at radius 2 is 2.35 bits per heavy atom. The topological polar surface area (TPSA) is 62.3 Å². The van der Waals surface area contributed by atoms with E-state index in [2.05, 4.69) is 4.98 Å². The molecule has 1 heterocycles. The SMILES string of the molecule is CO[C@@H](Cc1c[nH]c2c(Cl)cccc12)C(=O)O. The number of aliphatic carboxylic acids is 1. The van der Waals surface area contributed by atoms with Gasteiger partial charge in [0.05, 0.1) is 10.5 Å². The Labute approximate surface area is 103 Å². The Balaban J connectivity index is 2.37. The zero-order chi connectivity index (χ0) is 12.4. The maximum atomic E-state index is 10.9. The third-order valence-corrected chi connectivity index (χ3v) is 3.03. The minimum atomic E-state index is -0.969. The summed E-state index contributed by atoms with van der Waals surface area (Å²) in [6.45, 7) is 0. The summed E-state index contributed by atoms with van der Waals surface area (Å²) in [5, 5.41) is 10.5. The van der Waals surface area contributed by atoms with Crippen LogP contribution in [0.4, 0.5) is 0 Å². The first kappa shape index (κ1) is 12.0. The van der Waals surface area contributed by atoms with Gasteiger partial charge in [0.2, 0.25) is 0 Å². The van der Waals surface area contributed by atoms with Crippen LogP contribution in [-0.4, -0.2) is 29.3 Å². The summed E-state index contributed by atoms with van der Waals surface area (Å²) in [4.78, 5) is 13.9. The molecule has 0 aliphatic rings. The quantitative estimate of drug-likeness (QED) is 0.880. The fraction of sp³-hybridized carbons (Fsp3) is 0.250. The number of aromatic nitrogens is 1. The van der Waals surface area contributed by atoms with E-state index < -0.39 is 12.1 Å². The number of ether oxygens (including phenoxy) is 1. The monoisotopic (exact) mass is 253 g/mol. The van der Waals surface area contributed by atoms with Crippen molar-refractivity contribution in [2.24, 2.45) is 0 Å². The third-order valence-electron chi connectivity index (χ3n) is 2.72. The number of fused-ring (bicyclic) bond motifs is 1. The molecular weight excluding hydrogens is 242 g/mol. The molecule has 1 aromatic carbocycles. The van der Waals surface area contributed by atoms with E-state index >= 15 is 0 Å².